The maximum absolute atomic E-state index is 12.0. The summed E-state index contributed by atoms with van der Waals surface area (Å²) < 4.78 is 30.9. The second-order valence-corrected chi connectivity index (χ2v) is 5.61. The molecule has 1 heterocycles. The Kier molecular flexibility index (Phi) is 4.25. The van der Waals surface area contributed by atoms with E-state index in [2.05, 4.69) is 24.7 Å². The summed E-state index contributed by atoms with van der Waals surface area (Å²) in [5, 5.41) is 6.52. The highest BCUT2D eigenvalue weighted by Crippen LogP contribution is 2.10. The monoisotopic (exact) mass is 282 g/mol. The first-order chi connectivity index (χ1) is 9.12. The van der Waals surface area contributed by atoms with Gasteiger partial charge in [0, 0.05) is 6.54 Å². The Balaban J connectivity index is 2.06. The maximum Gasteiger partial charge on any atom is 0.240 e. The zero-order chi connectivity index (χ0) is 13.7. The maximum atomic E-state index is 12.0. The first-order valence-electron chi connectivity index (χ1n) is 5.60. The molecule has 0 saturated carbocycles. The van der Waals surface area contributed by atoms with Crippen LogP contribution >= 0.6 is 0 Å². The van der Waals surface area contributed by atoms with Crippen LogP contribution in [-0.4, -0.2) is 25.6 Å². The van der Waals surface area contributed by atoms with Crippen molar-refractivity contribution in [1.82, 2.24) is 20.2 Å². The van der Waals surface area contributed by atoms with E-state index in [1.165, 1.54) is 0 Å². The lowest BCUT2D eigenvalue weighted by Crippen LogP contribution is -2.23. The molecule has 0 saturated heterocycles. The fourth-order valence-corrected chi connectivity index (χ4v) is 2.48. The highest BCUT2D eigenvalue weighted by Gasteiger charge is 2.14. The van der Waals surface area contributed by atoms with Gasteiger partial charge in [-0.1, -0.05) is 17.3 Å². The standard InChI is InChI=1S/C11H14N4O3S/c1-12-6-9-2-4-10(5-3-9)19(16,17)14-7-11-13-8-18-15-11/h2-5,8,12,14H,6-7H2,1H3. The molecule has 0 aliphatic heterocycles. The number of aromatic nitrogens is 2. The fraction of sp³-hybridized carbons (Fsp3) is 0.273. The first-order valence-corrected chi connectivity index (χ1v) is 7.08. The number of sulfonamides is 1. The molecule has 19 heavy (non-hydrogen) atoms. The second-order valence-electron chi connectivity index (χ2n) is 3.85. The molecule has 1 aromatic carbocycles. The van der Waals surface area contributed by atoms with Gasteiger partial charge < -0.3 is 9.84 Å². The van der Waals surface area contributed by atoms with Gasteiger partial charge in [0.25, 0.3) is 0 Å². The average molecular weight is 282 g/mol. The van der Waals surface area contributed by atoms with Crippen molar-refractivity contribution >= 4 is 10.0 Å². The van der Waals surface area contributed by atoms with E-state index in [0.717, 1.165) is 12.0 Å². The molecule has 1 aromatic heterocycles. The zero-order valence-corrected chi connectivity index (χ0v) is 11.1. The van der Waals surface area contributed by atoms with Crippen molar-refractivity contribution in [3.63, 3.8) is 0 Å². The van der Waals surface area contributed by atoms with Gasteiger partial charge in [-0.2, -0.15) is 4.98 Å². The lowest BCUT2D eigenvalue weighted by Gasteiger charge is -2.06. The van der Waals surface area contributed by atoms with Crippen LogP contribution in [0.4, 0.5) is 0 Å². The molecule has 0 radical (unpaired) electrons. The molecule has 2 N–H and O–H groups in total. The van der Waals surface area contributed by atoms with Crippen LogP contribution in [0.15, 0.2) is 40.1 Å². The topological polar surface area (TPSA) is 97.1 Å². The van der Waals surface area contributed by atoms with E-state index in [9.17, 15) is 8.42 Å². The van der Waals surface area contributed by atoms with E-state index < -0.39 is 10.0 Å². The lowest BCUT2D eigenvalue weighted by atomic mass is 10.2. The van der Waals surface area contributed by atoms with Crippen molar-refractivity contribution in [2.45, 2.75) is 18.0 Å². The molecule has 2 rings (SSSR count). The molecule has 7 nitrogen and oxygen atoms in total. The number of nitrogens with zero attached hydrogens (tertiary/aromatic N) is 2. The van der Waals surface area contributed by atoms with Gasteiger partial charge in [-0.3, -0.25) is 0 Å². The number of hydrogen-bond acceptors (Lipinski definition) is 6. The van der Waals surface area contributed by atoms with E-state index >= 15 is 0 Å². The third-order valence-electron chi connectivity index (χ3n) is 2.44. The van der Waals surface area contributed by atoms with Crippen molar-refractivity contribution in [1.29, 1.82) is 0 Å². The molecule has 0 aliphatic carbocycles. The zero-order valence-electron chi connectivity index (χ0n) is 10.3. The molecule has 0 atom stereocenters. The Morgan fingerprint density at radius 1 is 1.21 bits per heavy atom. The predicted octanol–water partition coefficient (Wildman–Crippen LogP) is 0.267. The van der Waals surface area contributed by atoms with Gasteiger partial charge in [0.05, 0.1) is 11.4 Å². The summed E-state index contributed by atoms with van der Waals surface area (Å²) >= 11 is 0. The minimum absolute atomic E-state index is 0.00288. The van der Waals surface area contributed by atoms with Crippen molar-refractivity contribution < 1.29 is 12.9 Å². The minimum atomic E-state index is -3.56. The van der Waals surface area contributed by atoms with E-state index in [-0.39, 0.29) is 17.3 Å². The van der Waals surface area contributed by atoms with Crippen LogP contribution in [0.1, 0.15) is 11.4 Å². The highest BCUT2D eigenvalue weighted by molar-refractivity contribution is 7.89. The van der Waals surface area contributed by atoms with Gasteiger partial charge in [-0.25, -0.2) is 13.1 Å². The first kappa shape index (κ1) is 13.7. The van der Waals surface area contributed by atoms with E-state index in [4.69, 9.17) is 0 Å². The molecule has 0 spiro atoms. The third-order valence-corrected chi connectivity index (χ3v) is 3.86. The number of rotatable bonds is 6. The largest absolute Gasteiger partial charge is 0.343 e. The van der Waals surface area contributed by atoms with Crippen LogP contribution in [0.5, 0.6) is 0 Å². The molecular formula is C11H14N4O3S. The van der Waals surface area contributed by atoms with Gasteiger partial charge in [-0.15, -0.1) is 0 Å². The van der Waals surface area contributed by atoms with Crippen molar-refractivity contribution in [3.05, 3.63) is 42.0 Å². The van der Waals surface area contributed by atoms with Crippen molar-refractivity contribution in [3.8, 4) is 0 Å². The third kappa shape index (κ3) is 3.60. The second kappa shape index (κ2) is 5.91. The Morgan fingerprint density at radius 2 is 1.95 bits per heavy atom. The quantitative estimate of drug-likeness (QED) is 0.789. The molecule has 102 valence electrons. The Morgan fingerprint density at radius 3 is 2.53 bits per heavy atom. The molecular weight excluding hydrogens is 268 g/mol. The van der Waals surface area contributed by atoms with Gasteiger partial charge in [0.2, 0.25) is 16.4 Å². The summed E-state index contributed by atoms with van der Waals surface area (Å²) in [5.74, 6) is 0.287. The normalized spacial score (nSPS) is 11.6. The predicted molar refractivity (Wildman–Crippen MR) is 67.5 cm³/mol. The Labute approximate surface area is 111 Å². The van der Waals surface area contributed by atoms with Gasteiger partial charge in [-0.05, 0) is 24.7 Å². The van der Waals surface area contributed by atoms with Gasteiger partial charge >= 0.3 is 0 Å². The number of nitrogens with one attached hydrogen (secondary N) is 2. The van der Waals surface area contributed by atoms with Crippen molar-refractivity contribution in [2.24, 2.45) is 0 Å². The van der Waals surface area contributed by atoms with E-state index in [0.29, 0.717) is 6.54 Å². The van der Waals surface area contributed by atoms with Crippen LogP contribution in [0.25, 0.3) is 0 Å². The molecule has 8 heteroatoms. The summed E-state index contributed by atoms with van der Waals surface area (Å²) in [6.07, 6.45) is 1.15. The van der Waals surface area contributed by atoms with E-state index in [1.54, 1.807) is 24.3 Å². The molecule has 0 bridgehead atoms. The van der Waals surface area contributed by atoms with Crippen molar-refractivity contribution in [2.75, 3.05) is 7.05 Å². The van der Waals surface area contributed by atoms with Crippen LogP contribution in [0, 0.1) is 0 Å². The SMILES string of the molecule is CNCc1ccc(S(=O)(=O)NCc2ncon2)cc1. The van der Waals surface area contributed by atoms with Gasteiger partial charge in [0.1, 0.15) is 0 Å². The molecule has 2 aromatic rings. The lowest BCUT2D eigenvalue weighted by molar-refractivity contribution is 0.409. The number of benzene rings is 1. The molecule has 0 amide bonds. The summed E-state index contributed by atoms with van der Waals surface area (Å²) in [6, 6.07) is 6.65. The van der Waals surface area contributed by atoms with Gasteiger partial charge in [0.15, 0.2) is 5.82 Å². The van der Waals surface area contributed by atoms with Crippen LogP contribution in [0.2, 0.25) is 0 Å². The highest BCUT2D eigenvalue weighted by atomic mass is 32.2. The molecule has 0 aliphatic rings. The summed E-state index contributed by atoms with van der Waals surface area (Å²) in [7, 11) is -1.73. The molecule has 0 fully saturated rings. The summed E-state index contributed by atoms with van der Waals surface area (Å²) in [6.45, 7) is 0.688. The average Bonchev–Trinajstić information content (AvgIpc) is 2.91. The Bertz CT molecular complexity index is 608. The van der Waals surface area contributed by atoms with Crippen LogP contribution < -0.4 is 10.0 Å². The van der Waals surface area contributed by atoms with E-state index in [1.807, 2.05) is 7.05 Å². The molecule has 0 unspecified atom stereocenters. The fourth-order valence-electron chi connectivity index (χ4n) is 1.50. The number of hydrogen-bond donors (Lipinski definition) is 2. The minimum Gasteiger partial charge on any atom is -0.343 e. The summed E-state index contributed by atoms with van der Waals surface area (Å²) in [5.41, 5.74) is 1.01. The van der Waals surface area contributed by atoms with Crippen LogP contribution in [0.3, 0.4) is 0 Å². The Hall–Kier alpha value is -1.77. The smallest absolute Gasteiger partial charge is 0.240 e. The summed E-state index contributed by atoms with van der Waals surface area (Å²) in [4.78, 5) is 3.94. The van der Waals surface area contributed by atoms with Crippen LogP contribution in [-0.2, 0) is 23.1 Å².